The molecule has 1 aliphatic carbocycles. The highest BCUT2D eigenvalue weighted by Crippen LogP contribution is 2.27. The van der Waals surface area contributed by atoms with Crippen LogP contribution in [-0.4, -0.2) is 35.0 Å². The molecule has 0 aromatic rings. The maximum absolute atomic E-state index is 9.43. The van der Waals surface area contributed by atoms with Crippen molar-refractivity contribution in [1.29, 1.82) is 0 Å². The van der Waals surface area contributed by atoms with Crippen molar-refractivity contribution >= 4 is 0 Å². The van der Waals surface area contributed by atoms with Crippen LogP contribution in [0.5, 0.6) is 0 Å². The summed E-state index contributed by atoms with van der Waals surface area (Å²) in [5, 5.41) is 26.4. The maximum atomic E-state index is 9.43. The van der Waals surface area contributed by atoms with Gasteiger partial charge in [0.05, 0.1) is 24.8 Å². The fourth-order valence-electron chi connectivity index (χ4n) is 1.52. The first-order valence-corrected chi connectivity index (χ1v) is 3.70. The van der Waals surface area contributed by atoms with E-state index in [0.717, 1.165) is 0 Å². The molecule has 0 aromatic carbocycles. The van der Waals surface area contributed by atoms with E-state index in [4.69, 9.17) is 0 Å². The van der Waals surface area contributed by atoms with Crippen LogP contribution in [0, 0.1) is 5.92 Å². The summed E-state index contributed by atoms with van der Waals surface area (Å²) in [6.07, 6.45) is 1.95. The van der Waals surface area contributed by atoms with Crippen LogP contribution >= 0.6 is 0 Å². The van der Waals surface area contributed by atoms with Crippen molar-refractivity contribution in [3.8, 4) is 0 Å². The first-order chi connectivity index (χ1) is 5.29. The monoisotopic (exact) mass is 154 g/mol. The van der Waals surface area contributed by atoms with E-state index in [1.165, 1.54) is 0 Å². The molecule has 4 heteroatoms. The zero-order valence-corrected chi connectivity index (χ0v) is 5.96. The van der Waals surface area contributed by atoms with Crippen molar-refractivity contribution in [3.05, 3.63) is 12.2 Å². The van der Waals surface area contributed by atoms with Gasteiger partial charge in [-0.15, -0.1) is 0 Å². The Balaban J connectivity index is 2.21. The fraction of sp³-hybridized carbons (Fsp3) is 0.714. The minimum atomic E-state index is -0.736. The number of aliphatic hydroxyl groups excluding tert-OH is 2. The van der Waals surface area contributed by atoms with Gasteiger partial charge in [0.1, 0.15) is 0 Å². The van der Waals surface area contributed by atoms with Crippen LogP contribution in [0.3, 0.4) is 0 Å². The number of hydrogen-bond donors (Lipinski definition) is 2. The Morgan fingerprint density at radius 2 is 2.09 bits per heavy atom. The van der Waals surface area contributed by atoms with Crippen LogP contribution in [0.1, 0.15) is 0 Å². The summed E-state index contributed by atoms with van der Waals surface area (Å²) in [6, 6.07) is -0.00611. The van der Waals surface area contributed by atoms with Crippen LogP contribution in [0.2, 0.25) is 0 Å². The first kappa shape index (κ1) is 6.94. The molecule has 4 nitrogen and oxygen atoms in total. The highest BCUT2D eigenvalue weighted by atomic mass is 16.3. The molecule has 0 fully saturated rings. The van der Waals surface area contributed by atoms with Gasteiger partial charge in [0.25, 0.3) is 0 Å². The second-order valence-electron chi connectivity index (χ2n) is 2.96. The van der Waals surface area contributed by atoms with Gasteiger partial charge in [-0.05, 0) is 0 Å². The highest BCUT2D eigenvalue weighted by Gasteiger charge is 2.36. The third kappa shape index (κ3) is 0.985. The molecule has 11 heavy (non-hydrogen) atoms. The van der Waals surface area contributed by atoms with Crippen molar-refractivity contribution < 1.29 is 10.2 Å². The Morgan fingerprint density at radius 1 is 1.27 bits per heavy atom. The summed E-state index contributed by atoms with van der Waals surface area (Å²) < 4.78 is 0. The maximum Gasteiger partial charge on any atom is 0.0985 e. The predicted octanol–water partition coefficient (Wildman–Crippen LogP) is -0.271. The molecule has 60 valence electrons. The molecule has 4 atom stereocenters. The van der Waals surface area contributed by atoms with Gasteiger partial charge in [-0.1, -0.05) is 12.2 Å². The molecule has 0 spiro atoms. The Morgan fingerprint density at radius 3 is 2.91 bits per heavy atom. The lowest BCUT2D eigenvalue weighted by Crippen LogP contribution is -2.40. The van der Waals surface area contributed by atoms with Crippen molar-refractivity contribution in [2.24, 2.45) is 16.1 Å². The molecule has 0 aromatic heterocycles. The van der Waals surface area contributed by atoms with Gasteiger partial charge in [0.15, 0.2) is 0 Å². The minimum Gasteiger partial charge on any atom is -0.390 e. The minimum absolute atomic E-state index is 0.00463. The highest BCUT2D eigenvalue weighted by molar-refractivity contribution is 5.11. The van der Waals surface area contributed by atoms with E-state index in [2.05, 4.69) is 10.2 Å². The lowest BCUT2D eigenvalue weighted by molar-refractivity contribution is 0.00479. The van der Waals surface area contributed by atoms with E-state index in [-0.39, 0.29) is 12.0 Å². The van der Waals surface area contributed by atoms with Gasteiger partial charge in [-0.25, -0.2) is 0 Å². The summed E-state index contributed by atoms with van der Waals surface area (Å²) in [5.41, 5.74) is 0. The van der Waals surface area contributed by atoms with Crippen LogP contribution in [0.15, 0.2) is 22.4 Å². The standard InChI is InChI=1S/C7H10N2O2/c10-6-2-1-5-4(7(6)11)3-8-9-5/h1-2,4-7,10-11H,3H2/t4-,5-,6+,7-/m0/s1. The topological polar surface area (TPSA) is 65.2 Å². The van der Waals surface area contributed by atoms with E-state index in [9.17, 15) is 10.2 Å². The largest absolute Gasteiger partial charge is 0.390 e. The lowest BCUT2D eigenvalue weighted by Gasteiger charge is -2.26. The van der Waals surface area contributed by atoms with Crippen LogP contribution in [-0.2, 0) is 0 Å². The second-order valence-corrected chi connectivity index (χ2v) is 2.96. The summed E-state index contributed by atoms with van der Waals surface area (Å²) >= 11 is 0. The number of nitrogens with zero attached hydrogens (tertiary/aromatic N) is 2. The van der Waals surface area contributed by atoms with Gasteiger partial charge in [0.2, 0.25) is 0 Å². The molecule has 1 heterocycles. The summed E-state index contributed by atoms with van der Waals surface area (Å²) in [4.78, 5) is 0. The summed E-state index contributed by atoms with van der Waals surface area (Å²) in [6.45, 7) is 0.535. The predicted molar refractivity (Wildman–Crippen MR) is 38.2 cm³/mol. The van der Waals surface area contributed by atoms with Crippen molar-refractivity contribution in [2.45, 2.75) is 18.2 Å². The van der Waals surface area contributed by atoms with Crippen molar-refractivity contribution in [1.82, 2.24) is 0 Å². The molecule has 2 aliphatic rings. The third-order valence-corrected chi connectivity index (χ3v) is 2.24. The van der Waals surface area contributed by atoms with Gasteiger partial charge in [-0.3, -0.25) is 0 Å². The zero-order valence-electron chi connectivity index (χ0n) is 5.96. The molecule has 0 saturated heterocycles. The molecule has 1 aliphatic heterocycles. The van der Waals surface area contributed by atoms with E-state index < -0.39 is 12.2 Å². The molecule has 2 N–H and O–H groups in total. The molecule has 0 amide bonds. The number of hydrogen-bond acceptors (Lipinski definition) is 4. The third-order valence-electron chi connectivity index (χ3n) is 2.24. The number of rotatable bonds is 0. The normalized spacial score (nSPS) is 47.8. The summed E-state index contributed by atoms with van der Waals surface area (Å²) in [7, 11) is 0. The van der Waals surface area contributed by atoms with E-state index in [1.54, 1.807) is 12.2 Å². The molecule has 0 saturated carbocycles. The van der Waals surface area contributed by atoms with Crippen LogP contribution in [0.4, 0.5) is 0 Å². The Hall–Kier alpha value is -0.740. The first-order valence-electron chi connectivity index (χ1n) is 3.70. The smallest absolute Gasteiger partial charge is 0.0985 e. The van der Waals surface area contributed by atoms with E-state index in [1.807, 2.05) is 0 Å². The molecule has 0 radical (unpaired) electrons. The Labute approximate surface area is 64.3 Å². The molecular weight excluding hydrogens is 144 g/mol. The van der Waals surface area contributed by atoms with Crippen molar-refractivity contribution in [3.63, 3.8) is 0 Å². The van der Waals surface area contributed by atoms with E-state index >= 15 is 0 Å². The van der Waals surface area contributed by atoms with Gasteiger partial charge >= 0.3 is 0 Å². The second kappa shape index (κ2) is 2.39. The molecule has 0 unspecified atom stereocenters. The average molecular weight is 154 g/mol. The fourth-order valence-corrected chi connectivity index (χ4v) is 1.52. The Kier molecular flexibility index (Phi) is 1.51. The van der Waals surface area contributed by atoms with Gasteiger partial charge in [0, 0.05) is 5.92 Å². The average Bonchev–Trinajstić information content (AvgIpc) is 2.45. The molecular formula is C7H10N2O2. The lowest BCUT2D eigenvalue weighted by atomic mass is 9.87. The molecule has 2 rings (SSSR count). The quantitative estimate of drug-likeness (QED) is 0.472. The number of aliphatic hydroxyl groups is 2. The van der Waals surface area contributed by atoms with Gasteiger partial charge in [-0.2, -0.15) is 10.2 Å². The number of fused-ring (bicyclic) bond motifs is 1. The van der Waals surface area contributed by atoms with Crippen LogP contribution < -0.4 is 0 Å². The summed E-state index contributed by atoms with van der Waals surface area (Å²) in [5.74, 6) is -0.00463. The van der Waals surface area contributed by atoms with E-state index in [0.29, 0.717) is 6.54 Å². The number of azo groups is 1. The van der Waals surface area contributed by atoms with Crippen LogP contribution in [0.25, 0.3) is 0 Å². The zero-order chi connectivity index (χ0) is 7.84. The van der Waals surface area contributed by atoms with Crippen molar-refractivity contribution in [2.75, 3.05) is 6.54 Å². The molecule has 0 bridgehead atoms. The SMILES string of the molecule is O[C@H]1[C@H]2CN=N[C@H]2C=C[C@H]1O. The van der Waals surface area contributed by atoms with Gasteiger partial charge < -0.3 is 10.2 Å². The Bertz CT molecular complexity index is 214.